The topological polar surface area (TPSA) is 72.5 Å². The predicted octanol–water partition coefficient (Wildman–Crippen LogP) is 3.24. The van der Waals surface area contributed by atoms with Crippen molar-refractivity contribution in [3.63, 3.8) is 0 Å². The SMILES string of the molecule is COc1ccc(S(=O)(=O)Nc2ccccc2C(=O)C(F)(F)F)cc1. The van der Waals surface area contributed by atoms with Gasteiger partial charge in [-0.2, -0.15) is 13.2 Å². The summed E-state index contributed by atoms with van der Waals surface area (Å²) in [5, 5.41) is 0. The van der Waals surface area contributed by atoms with Crippen molar-refractivity contribution in [3.05, 3.63) is 54.1 Å². The number of para-hydroxylation sites is 1. The second-order valence-corrected chi connectivity index (χ2v) is 6.34. The number of hydrogen-bond acceptors (Lipinski definition) is 4. The van der Waals surface area contributed by atoms with Crippen LogP contribution in [-0.2, 0) is 10.0 Å². The van der Waals surface area contributed by atoms with Crippen LogP contribution in [-0.4, -0.2) is 27.5 Å². The van der Waals surface area contributed by atoms with E-state index in [2.05, 4.69) is 0 Å². The van der Waals surface area contributed by atoms with Gasteiger partial charge in [0.25, 0.3) is 15.8 Å². The molecule has 0 aliphatic carbocycles. The summed E-state index contributed by atoms with van der Waals surface area (Å²) in [5.74, 6) is -1.71. The molecule has 0 saturated heterocycles. The highest BCUT2D eigenvalue weighted by molar-refractivity contribution is 7.92. The van der Waals surface area contributed by atoms with Crippen LogP contribution in [0.2, 0.25) is 0 Å². The van der Waals surface area contributed by atoms with E-state index in [4.69, 9.17) is 4.74 Å². The molecule has 0 fully saturated rings. The maximum Gasteiger partial charge on any atom is 0.454 e. The fourth-order valence-corrected chi connectivity index (χ4v) is 2.96. The summed E-state index contributed by atoms with van der Waals surface area (Å²) < 4.78 is 69.3. The zero-order valence-electron chi connectivity index (χ0n) is 12.3. The first-order valence-corrected chi connectivity index (χ1v) is 8.01. The first-order chi connectivity index (χ1) is 11.1. The van der Waals surface area contributed by atoms with Crippen molar-refractivity contribution in [1.29, 1.82) is 0 Å². The minimum Gasteiger partial charge on any atom is -0.497 e. The number of ketones is 1. The molecule has 0 unspecified atom stereocenters. The maximum absolute atomic E-state index is 12.6. The van der Waals surface area contributed by atoms with Gasteiger partial charge in [-0.3, -0.25) is 9.52 Å². The van der Waals surface area contributed by atoms with Gasteiger partial charge in [0, 0.05) is 0 Å². The first-order valence-electron chi connectivity index (χ1n) is 6.52. The molecule has 0 amide bonds. The Labute approximate surface area is 136 Å². The number of sulfonamides is 1. The number of alkyl halides is 3. The molecule has 9 heteroatoms. The minimum atomic E-state index is -5.11. The van der Waals surface area contributed by atoms with E-state index in [1.807, 2.05) is 4.72 Å². The summed E-state index contributed by atoms with van der Waals surface area (Å²) in [7, 11) is -2.76. The van der Waals surface area contributed by atoms with Crippen LogP contribution in [0.25, 0.3) is 0 Å². The number of methoxy groups -OCH3 is 1. The lowest BCUT2D eigenvalue weighted by molar-refractivity contribution is -0.0884. The third-order valence-corrected chi connectivity index (χ3v) is 4.42. The van der Waals surface area contributed by atoms with Crippen LogP contribution in [0.4, 0.5) is 18.9 Å². The van der Waals surface area contributed by atoms with E-state index in [1.54, 1.807) is 0 Å². The summed E-state index contributed by atoms with van der Waals surface area (Å²) in [6.45, 7) is 0. The third-order valence-electron chi connectivity index (χ3n) is 3.04. The Hall–Kier alpha value is -2.55. The standard InChI is InChI=1S/C15H12F3NO4S/c1-23-10-6-8-11(9-7-10)24(21,22)19-13-5-3-2-4-12(13)14(20)15(16,17)18/h2-9,19H,1H3. The minimum absolute atomic E-state index is 0.183. The molecular formula is C15H12F3NO4S. The van der Waals surface area contributed by atoms with Gasteiger partial charge in [0.05, 0.1) is 23.3 Å². The summed E-state index contributed by atoms with van der Waals surface area (Å²) in [4.78, 5) is 11.2. The van der Waals surface area contributed by atoms with Crippen LogP contribution < -0.4 is 9.46 Å². The van der Waals surface area contributed by atoms with E-state index in [1.165, 1.54) is 43.5 Å². The number of carbonyl (C=O) groups is 1. The number of benzene rings is 2. The number of anilines is 1. The number of ether oxygens (including phenoxy) is 1. The Balaban J connectivity index is 2.38. The number of Topliss-reactive ketones (excluding diaryl/α,β-unsaturated/α-hetero) is 1. The van der Waals surface area contributed by atoms with Gasteiger partial charge in [-0.1, -0.05) is 12.1 Å². The van der Waals surface area contributed by atoms with Crippen LogP contribution in [0.5, 0.6) is 5.75 Å². The van der Waals surface area contributed by atoms with Crippen molar-refractivity contribution in [2.45, 2.75) is 11.1 Å². The van der Waals surface area contributed by atoms with E-state index in [0.29, 0.717) is 5.75 Å². The molecule has 0 bridgehead atoms. The Morgan fingerprint density at radius 3 is 2.17 bits per heavy atom. The zero-order chi connectivity index (χ0) is 18.0. The van der Waals surface area contributed by atoms with Crippen molar-refractivity contribution < 1.29 is 31.1 Å². The molecule has 5 nitrogen and oxygen atoms in total. The highest BCUT2D eigenvalue weighted by atomic mass is 32.2. The molecule has 0 aliphatic rings. The van der Waals surface area contributed by atoms with Gasteiger partial charge in [0.1, 0.15) is 5.75 Å². The molecule has 0 radical (unpaired) electrons. The molecule has 2 aromatic rings. The van der Waals surface area contributed by atoms with Crippen LogP contribution >= 0.6 is 0 Å². The average Bonchev–Trinajstić information content (AvgIpc) is 2.53. The fourth-order valence-electron chi connectivity index (χ4n) is 1.88. The largest absolute Gasteiger partial charge is 0.497 e. The molecular weight excluding hydrogens is 347 g/mol. The van der Waals surface area contributed by atoms with E-state index >= 15 is 0 Å². The summed E-state index contributed by atoms with van der Waals surface area (Å²) in [6.07, 6.45) is -5.11. The monoisotopic (exact) mass is 359 g/mol. The summed E-state index contributed by atoms with van der Waals surface area (Å²) in [6, 6.07) is 9.76. The second kappa shape index (κ2) is 6.52. The average molecular weight is 359 g/mol. The molecule has 2 aromatic carbocycles. The Morgan fingerprint density at radius 1 is 1.04 bits per heavy atom. The van der Waals surface area contributed by atoms with Gasteiger partial charge in [0.15, 0.2) is 0 Å². The van der Waals surface area contributed by atoms with Gasteiger partial charge < -0.3 is 4.74 Å². The molecule has 1 N–H and O–H groups in total. The van der Waals surface area contributed by atoms with Crippen molar-refractivity contribution in [3.8, 4) is 5.75 Å². The number of rotatable bonds is 5. The zero-order valence-corrected chi connectivity index (χ0v) is 13.1. The lowest BCUT2D eigenvalue weighted by atomic mass is 10.1. The van der Waals surface area contributed by atoms with Crippen molar-refractivity contribution in [2.24, 2.45) is 0 Å². The Bertz CT molecular complexity index is 846. The number of halogens is 3. The Kier molecular flexibility index (Phi) is 4.83. The Morgan fingerprint density at radius 2 is 1.62 bits per heavy atom. The van der Waals surface area contributed by atoms with Crippen molar-refractivity contribution in [1.82, 2.24) is 0 Å². The van der Waals surface area contributed by atoms with Crippen LogP contribution in [0.15, 0.2) is 53.4 Å². The van der Waals surface area contributed by atoms with Crippen molar-refractivity contribution >= 4 is 21.5 Å². The van der Waals surface area contributed by atoms with Gasteiger partial charge >= 0.3 is 6.18 Å². The summed E-state index contributed by atoms with van der Waals surface area (Å²) >= 11 is 0. The third kappa shape index (κ3) is 3.85. The van der Waals surface area contributed by atoms with Crippen LogP contribution in [0.1, 0.15) is 10.4 Å². The predicted molar refractivity (Wildman–Crippen MR) is 80.6 cm³/mol. The van der Waals surface area contributed by atoms with Crippen molar-refractivity contribution in [2.75, 3.05) is 11.8 Å². The number of carbonyl (C=O) groups excluding carboxylic acids is 1. The lowest BCUT2D eigenvalue weighted by Gasteiger charge is -2.13. The van der Waals surface area contributed by atoms with Crippen LogP contribution in [0.3, 0.4) is 0 Å². The summed E-state index contributed by atoms with van der Waals surface area (Å²) in [5.41, 5.74) is -1.22. The highest BCUT2D eigenvalue weighted by Gasteiger charge is 2.40. The van der Waals surface area contributed by atoms with Gasteiger partial charge in [-0.05, 0) is 36.4 Å². The number of hydrogen-bond donors (Lipinski definition) is 1. The maximum atomic E-state index is 12.6. The molecule has 2 rings (SSSR count). The molecule has 0 aromatic heterocycles. The fraction of sp³-hybridized carbons (Fsp3) is 0.133. The van der Waals surface area contributed by atoms with Crippen LogP contribution in [0, 0.1) is 0 Å². The lowest BCUT2D eigenvalue weighted by Crippen LogP contribution is -2.25. The molecule has 128 valence electrons. The van der Waals surface area contributed by atoms with E-state index < -0.39 is 33.2 Å². The molecule has 0 saturated carbocycles. The molecule has 0 aliphatic heterocycles. The van der Waals surface area contributed by atoms with Gasteiger partial charge in [-0.15, -0.1) is 0 Å². The van der Waals surface area contributed by atoms with Gasteiger partial charge in [0.2, 0.25) is 0 Å². The molecule has 0 spiro atoms. The molecule has 24 heavy (non-hydrogen) atoms. The molecule has 0 heterocycles. The second-order valence-electron chi connectivity index (χ2n) is 4.65. The highest BCUT2D eigenvalue weighted by Crippen LogP contribution is 2.28. The quantitative estimate of drug-likeness (QED) is 0.832. The number of nitrogens with one attached hydrogen (secondary N) is 1. The van der Waals surface area contributed by atoms with Gasteiger partial charge in [-0.25, -0.2) is 8.42 Å². The normalized spacial score (nSPS) is 11.8. The smallest absolute Gasteiger partial charge is 0.454 e. The van der Waals surface area contributed by atoms with E-state index in [9.17, 15) is 26.4 Å². The van der Waals surface area contributed by atoms with E-state index in [0.717, 1.165) is 12.1 Å². The molecule has 0 atom stereocenters. The van der Waals surface area contributed by atoms with E-state index in [-0.39, 0.29) is 4.90 Å². The first kappa shape index (κ1) is 17.8.